The second-order valence-corrected chi connectivity index (χ2v) is 8.35. The van der Waals surface area contributed by atoms with Gasteiger partial charge in [0.15, 0.2) is 5.17 Å². The average molecular weight is 386 g/mol. The van der Waals surface area contributed by atoms with E-state index in [0.717, 1.165) is 24.1 Å². The van der Waals surface area contributed by atoms with Crippen LogP contribution in [0, 0.1) is 6.92 Å². The van der Waals surface area contributed by atoms with Crippen molar-refractivity contribution in [3.8, 4) is 0 Å². The molecule has 1 unspecified atom stereocenters. The number of rotatable bonds is 6. The average Bonchev–Trinajstić information content (AvgIpc) is 2.93. The van der Waals surface area contributed by atoms with Gasteiger partial charge in [-0.2, -0.15) is 0 Å². The van der Waals surface area contributed by atoms with Gasteiger partial charge >= 0.3 is 0 Å². The van der Waals surface area contributed by atoms with E-state index in [1.807, 2.05) is 31.2 Å². The molecule has 1 heterocycles. The molecule has 1 N–H and O–H groups in total. The van der Waals surface area contributed by atoms with Crippen LogP contribution in [-0.2, 0) is 9.59 Å². The molecule has 1 aromatic carbocycles. The molecule has 27 heavy (non-hydrogen) atoms. The Hall–Kier alpha value is -2.08. The SMILES string of the molecule is C=CCN1C(=O)C(CC(=O)NC2CCCCC2)SC1=Nc1ccc(C)cc1. The summed E-state index contributed by atoms with van der Waals surface area (Å²) in [6.07, 6.45) is 7.55. The number of hydrogen-bond donors (Lipinski definition) is 1. The van der Waals surface area contributed by atoms with E-state index in [1.54, 1.807) is 11.0 Å². The maximum Gasteiger partial charge on any atom is 0.242 e. The molecular weight excluding hydrogens is 358 g/mol. The number of thioether (sulfide) groups is 1. The Labute approximate surface area is 165 Å². The molecule has 2 fully saturated rings. The van der Waals surface area contributed by atoms with Gasteiger partial charge in [0.1, 0.15) is 5.25 Å². The summed E-state index contributed by atoms with van der Waals surface area (Å²) in [7, 11) is 0. The number of carbonyl (C=O) groups is 2. The maximum atomic E-state index is 12.8. The highest BCUT2D eigenvalue weighted by molar-refractivity contribution is 8.15. The van der Waals surface area contributed by atoms with Crippen molar-refractivity contribution in [1.82, 2.24) is 10.2 Å². The zero-order valence-electron chi connectivity index (χ0n) is 15.8. The predicted molar refractivity (Wildman–Crippen MR) is 111 cm³/mol. The van der Waals surface area contributed by atoms with Crippen molar-refractivity contribution in [3.05, 3.63) is 42.5 Å². The molecule has 2 aliphatic rings. The highest BCUT2D eigenvalue weighted by atomic mass is 32.2. The first-order valence-corrected chi connectivity index (χ1v) is 10.5. The Kier molecular flexibility index (Phi) is 6.72. The summed E-state index contributed by atoms with van der Waals surface area (Å²) >= 11 is 1.37. The van der Waals surface area contributed by atoms with Gasteiger partial charge in [0.2, 0.25) is 11.8 Å². The standard InChI is InChI=1S/C21H27N3O2S/c1-3-13-24-20(26)18(14-19(25)22-16-7-5-4-6-8-16)27-21(24)23-17-11-9-15(2)10-12-17/h3,9-12,16,18H,1,4-8,13-14H2,2H3,(H,22,25). The molecule has 1 aliphatic carbocycles. The van der Waals surface area contributed by atoms with Crippen LogP contribution < -0.4 is 5.32 Å². The number of aliphatic imine (C=N–C) groups is 1. The van der Waals surface area contributed by atoms with E-state index in [0.29, 0.717) is 11.7 Å². The van der Waals surface area contributed by atoms with Gasteiger partial charge in [-0.15, -0.1) is 6.58 Å². The highest BCUT2D eigenvalue weighted by Gasteiger charge is 2.38. The lowest BCUT2D eigenvalue weighted by Crippen LogP contribution is -2.39. The fourth-order valence-electron chi connectivity index (χ4n) is 3.45. The lowest BCUT2D eigenvalue weighted by molar-refractivity contribution is -0.129. The molecule has 1 aromatic rings. The molecule has 3 rings (SSSR count). The first kappa shape index (κ1) is 19.7. The summed E-state index contributed by atoms with van der Waals surface area (Å²) in [4.78, 5) is 31.4. The monoisotopic (exact) mass is 385 g/mol. The third-order valence-corrected chi connectivity index (χ3v) is 6.11. The van der Waals surface area contributed by atoms with Crippen molar-refractivity contribution in [2.75, 3.05) is 6.54 Å². The van der Waals surface area contributed by atoms with Gasteiger partial charge in [-0.25, -0.2) is 4.99 Å². The third-order valence-electron chi connectivity index (χ3n) is 4.93. The first-order valence-electron chi connectivity index (χ1n) is 9.60. The smallest absolute Gasteiger partial charge is 0.242 e. The molecule has 1 aliphatic heterocycles. The van der Waals surface area contributed by atoms with Crippen LogP contribution in [0.15, 0.2) is 41.9 Å². The minimum Gasteiger partial charge on any atom is -0.353 e. The highest BCUT2D eigenvalue weighted by Crippen LogP contribution is 2.31. The molecule has 6 heteroatoms. The van der Waals surface area contributed by atoms with Crippen LogP contribution in [0.1, 0.15) is 44.1 Å². The maximum absolute atomic E-state index is 12.8. The summed E-state index contributed by atoms with van der Waals surface area (Å²) in [6, 6.07) is 8.12. The van der Waals surface area contributed by atoms with Crippen LogP contribution in [0.3, 0.4) is 0 Å². The molecule has 0 bridgehead atoms. The van der Waals surface area contributed by atoms with E-state index in [4.69, 9.17) is 0 Å². The fraction of sp³-hybridized carbons (Fsp3) is 0.476. The minimum atomic E-state index is -0.419. The van der Waals surface area contributed by atoms with Gasteiger partial charge in [0.05, 0.1) is 5.69 Å². The number of nitrogens with one attached hydrogen (secondary N) is 1. The van der Waals surface area contributed by atoms with Gasteiger partial charge in [-0.3, -0.25) is 14.5 Å². The molecule has 5 nitrogen and oxygen atoms in total. The van der Waals surface area contributed by atoms with E-state index in [-0.39, 0.29) is 24.3 Å². The zero-order valence-corrected chi connectivity index (χ0v) is 16.6. The van der Waals surface area contributed by atoms with Crippen LogP contribution in [0.5, 0.6) is 0 Å². The first-order chi connectivity index (χ1) is 13.1. The molecule has 0 spiro atoms. The number of aryl methyl sites for hydroxylation is 1. The number of hydrogen-bond acceptors (Lipinski definition) is 4. The van der Waals surface area contributed by atoms with Crippen molar-refractivity contribution < 1.29 is 9.59 Å². The number of benzene rings is 1. The Bertz CT molecular complexity index is 723. The fourth-order valence-corrected chi connectivity index (χ4v) is 4.62. The second kappa shape index (κ2) is 9.22. The van der Waals surface area contributed by atoms with Crippen LogP contribution in [0.25, 0.3) is 0 Å². The van der Waals surface area contributed by atoms with Crippen LogP contribution >= 0.6 is 11.8 Å². The molecule has 1 atom stereocenters. The van der Waals surface area contributed by atoms with Gasteiger partial charge < -0.3 is 5.32 Å². The summed E-state index contributed by atoms with van der Waals surface area (Å²) in [6.45, 7) is 6.16. The van der Waals surface area contributed by atoms with E-state index in [1.165, 1.54) is 31.0 Å². The molecule has 2 amide bonds. The Morgan fingerprint density at radius 1 is 1.30 bits per heavy atom. The quantitative estimate of drug-likeness (QED) is 0.754. The van der Waals surface area contributed by atoms with Gasteiger partial charge in [-0.05, 0) is 31.9 Å². The second-order valence-electron chi connectivity index (χ2n) is 7.18. The van der Waals surface area contributed by atoms with E-state index in [9.17, 15) is 9.59 Å². The largest absolute Gasteiger partial charge is 0.353 e. The Morgan fingerprint density at radius 3 is 2.67 bits per heavy atom. The summed E-state index contributed by atoms with van der Waals surface area (Å²) in [5.74, 6) is -0.104. The van der Waals surface area contributed by atoms with Gasteiger partial charge in [0, 0.05) is 19.0 Å². The number of amides is 2. The van der Waals surface area contributed by atoms with Crippen molar-refractivity contribution >= 4 is 34.4 Å². The van der Waals surface area contributed by atoms with Crippen LogP contribution in [0.2, 0.25) is 0 Å². The van der Waals surface area contributed by atoms with Crippen LogP contribution in [-0.4, -0.2) is 39.7 Å². The molecule has 144 valence electrons. The molecular formula is C21H27N3O2S. The van der Waals surface area contributed by atoms with E-state index >= 15 is 0 Å². The van der Waals surface area contributed by atoms with Crippen molar-refractivity contribution in [2.24, 2.45) is 4.99 Å². The van der Waals surface area contributed by atoms with Gasteiger partial charge in [-0.1, -0.05) is 54.8 Å². The lowest BCUT2D eigenvalue weighted by Gasteiger charge is -2.23. The van der Waals surface area contributed by atoms with Crippen molar-refractivity contribution in [2.45, 2.75) is 56.7 Å². The van der Waals surface area contributed by atoms with Crippen molar-refractivity contribution in [3.63, 3.8) is 0 Å². The van der Waals surface area contributed by atoms with Gasteiger partial charge in [0.25, 0.3) is 0 Å². The molecule has 0 aromatic heterocycles. The van der Waals surface area contributed by atoms with E-state index in [2.05, 4.69) is 16.9 Å². The number of amidine groups is 1. The summed E-state index contributed by atoms with van der Waals surface area (Å²) in [5, 5.41) is 3.32. The predicted octanol–water partition coefficient (Wildman–Crippen LogP) is 3.95. The molecule has 0 radical (unpaired) electrons. The summed E-state index contributed by atoms with van der Waals surface area (Å²) < 4.78 is 0. The number of nitrogens with zero attached hydrogens (tertiary/aromatic N) is 2. The lowest BCUT2D eigenvalue weighted by atomic mass is 9.95. The Morgan fingerprint density at radius 2 is 2.00 bits per heavy atom. The zero-order chi connectivity index (χ0) is 19.2. The summed E-state index contributed by atoms with van der Waals surface area (Å²) in [5.41, 5.74) is 1.96. The Balaban J connectivity index is 1.67. The molecule has 1 saturated carbocycles. The minimum absolute atomic E-state index is 0.0390. The van der Waals surface area contributed by atoms with Crippen molar-refractivity contribution in [1.29, 1.82) is 0 Å². The number of carbonyl (C=O) groups excluding carboxylic acids is 2. The third kappa shape index (κ3) is 5.22. The molecule has 1 saturated heterocycles. The van der Waals surface area contributed by atoms with Crippen LogP contribution in [0.4, 0.5) is 5.69 Å². The topological polar surface area (TPSA) is 61.8 Å². The normalized spacial score (nSPS) is 22.3. The van der Waals surface area contributed by atoms with E-state index < -0.39 is 5.25 Å².